The first-order valence-electron chi connectivity index (χ1n) is 11.1. The molecule has 2 aromatic rings. The summed E-state index contributed by atoms with van der Waals surface area (Å²) in [5.41, 5.74) is 1.43. The second-order valence-corrected chi connectivity index (χ2v) is 8.58. The largest absolute Gasteiger partial charge is 0.359 e. The van der Waals surface area contributed by atoms with E-state index in [-0.39, 0.29) is 23.6 Å². The topological polar surface area (TPSA) is 75.4 Å². The number of nitrogens with zero attached hydrogens (tertiary/aromatic N) is 2. The van der Waals surface area contributed by atoms with Crippen LogP contribution in [0.2, 0.25) is 0 Å². The predicted octanol–water partition coefficient (Wildman–Crippen LogP) is 4.35. The van der Waals surface area contributed by atoms with E-state index in [0.717, 1.165) is 32.1 Å². The first-order valence-corrected chi connectivity index (χ1v) is 11.1. The molecule has 3 rings (SSSR count). The van der Waals surface area contributed by atoms with Crippen molar-refractivity contribution in [3.63, 3.8) is 0 Å². The Morgan fingerprint density at radius 1 is 1.17 bits per heavy atom. The average molecular weight is 412 g/mol. The Kier molecular flexibility index (Phi) is 8.05. The molecule has 30 heavy (non-hydrogen) atoms. The highest BCUT2D eigenvalue weighted by Crippen LogP contribution is 2.25. The summed E-state index contributed by atoms with van der Waals surface area (Å²) in [5, 5.41) is 6.77. The number of carbonyl (C=O) groups excluding carboxylic acids is 2. The Labute approximate surface area is 179 Å². The minimum atomic E-state index is -0.238. The third-order valence-electron chi connectivity index (χ3n) is 5.59. The van der Waals surface area contributed by atoms with Gasteiger partial charge in [-0.15, -0.1) is 0 Å². The van der Waals surface area contributed by atoms with E-state index < -0.39 is 0 Å². The Hall–Kier alpha value is -2.63. The van der Waals surface area contributed by atoms with Crippen LogP contribution in [0.15, 0.2) is 40.9 Å². The van der Waals surface area contributed by atoms with Crippen LogP contribution in [0, 0.1) is 5.92 Å². The molecule has 6 heteroatoms. The number of aromatic nitrogens is 1. The highest BCUT2D eigenvalue weighted by atomic mass is 16.5. The van der Waals surface area contributed by atoms with E-state index >= 15 is 0 Å². The molecule has 0 atom stereocenters. The number of benzene rings is 1. The van der Waals surface area contributed by atoms with Gasteiger partial charge in [0.1, 0.15) is 0 Å². The van der Waals surface area contributed by atoms with Crippen molar-refractivity contribution in [2.75, 3.05) is 6.54 Å². The molecule has 0 radical (unpaired) electrons. The number of rotatable bonds is 9. The van der Waals surface area contributed by atoms with Gasteiger partial charge in [0, 0.05) is 25.1 Å². The van der Waals surface area contributed by atoms with Gasteiger partial charge in [0.05, 0.1) is 6.54 Å². The molecule has 2 amide bonds. The summed E-state index contributed by atoms with van der Waals surface area (Å²) in [4.78, 5) is 27.3. The van der Waals surface area contributed by atoms with Crippen molar-refractivity contribution in [2.45, 2.75) is 71.4 Å². The van der Waals surface area contributed by atoms with Crippen LogP contribution in [-0.2, 0) is 17.8 Å². The maximum Gasteiger partial charge on any atom is 0.273 e. The zero-order valence-corrected chi connectivity index (χ0v) is 18.1. The second-order valence-electron chi connectivity index (χ2n) is 8.58. The highest BCUT2D eigenvalue weighted by Gasteiger charge is 2.27. The van der Waals surface area contributed by atoms with Gasteiger partial charge >= 0.3 is 0 Å². The fourth-order valence-corrected chi connectivity index (χ4v) is 3.90. The van der Waals surface area contributed by atoms with E-state index in [9.17, 15) is 9.59 Å². The van der Waals surface area contributed by atoms with Crippen LogP contribution >= 0.6 is 0 Å². The quantitative estimate of drug-likeness (QED) is 0.665. The van der Waals surface area contributed by atoms with E-state index in [1.54, 1.807) is 6.07 Å². The third kappa shape index (κ3) is 6.44. The fourth-order valence-electron chi connectivity index (χ4n) is 3.90. The van der Waals surface area contributed by atoms with Crippen LogP contribution in [-0.4, -0.2) is 34.5 Å². The lowest BCUT2D eigenvalue weighted by Crippen LogP contribution is -2.41. The predicted molar refractivity (Wildman–Crippen MR) is 116 cm³/mol. The van der Waals surface area contributed by atoms with Crippen molar-refractivity contribution in [3.05, 3.63) is 53.4 Å². The van der Waals surface area contributed by atoms with Gasteiger partial charge in [-0.3, -0.25) is 9.59 Å². The van der Waals surface area contributed by atoms with Crippen LogP contribution in [0.3, 0.4) is 0 Å². The SMILES string of the molecule is CC(C)CNC(=O)c1cc(CN(C(=O)CCc2ccccc2)C2CCCCC2)on1. The Morgan fingerprint density at radius 2 is 1.90 bits per heavy atom. The molecule has 6 nitrogen and oxygen atoms in total. The lowest BCUT2D eigenvalue weighted by Gasteiger charge is -2.34. The van der Waals surface area contributed by atoms with E-state index in [2.05, 4.69) is 22.6 Å². The maximum atomic E-state index is 13.1. The van der Waals surface area contributed by atoms with Gasteiger partial charge in [0.2, 0.25) is 5.91 Å². The van der Waals surface area contributed by atoms with Crippen molar-refractivity contribution in [1.82, 2.24) is 15.4 Å². The average Bonchev–Trinajstić information content (AvgIpc) is 3.24. The molecule has 1 N–H and O–H groups in total. The first-order chi connectivity index (χ1) is 14.5. The number of nitrogens with one attached hydrogen (secondary N) is 1. The number of aryl methyl sites for hydroxylation is 1. The zero-order valence-electron chi connectivity index (χ0n) is 18.1. The summed E-state index contributed by atoms with van der Waals surface area (Å²) in [7, 11) is 0. The number of hydrogen-bond acceptors (Lipinski definition) is 4. The standard InChI is InChI=1S/C24H33N3O3/c1-18(2)16-25-24(29)22-15-21(30-26-22)17-27(20-11-7-4-8-12-20)23(28)14-13-19-9-5-3-6-10-19/h3,5-6,9-10,15,18,20H,4,7-8,11-14,16-17H2,1-2H3,(H,25,29). The molecule has 0 spiro atoms. The lowest BCUT2D eigenvalue weighted by atomic mass is 9.93. The fraction of sp³-hybridized carbons (Fsp3) is 0.542. The van der Waals surface area contributed by atoms with Crippen molar-refractivity contribution in [3.8, 4) is 0 Å². The molecule has 1 aromatic carbocycles. The summed E-state index contributed by atoms with van der Waals surface area (Å²) in [5.74, 6) is 0.818. The van der Waals surface area contributed by atoms with Crippen molar-refractivity contribution < 1.29 is 14.1 Å². The molecular weight excluding hydrogens is 378 g/mol. The number of amides is 2. The Morgan fingerprint density at radius 3 is 2.60 bits per heavy atom. The smallest absolute Gasteiger partial charge is 0.273 e. The van der Waals surface area contributed by atoms with Crippen molar-refractivity contribution in [1.29, 1.82) is 0 Å². The number of carbonyl (C=O) groups is 2. The van der Waals surface area contributed by atoms with Crippen LogP contribution < -0.4 is 5.32 Å². The molecule has 0 aliphatic heterocycles. The molecule has 1 saturated carbocycles. The van der Waals surface area contributed by atoms with Crippen molar-refractivity contribution >= 4 is 11.8 Å². The zero-order chi connectivity index (χ0) is 21.3. The number of hydrogen-bond donors (Lipinski definition) is 1. The highest BCUT2D eigenvalue weighted by molar-refractivity contribution is 5.92. The van der Waals surface area contributed by atoms with Gasteiger partial charge in [-0.25, -0.2) is 0 Å². The first kappa shape index (κ1) is 22.1. The monoisotopic (exact) mass is 411 g/mol. The van der Waals surface area contributed by atoms with E-state index in [1.807, 2.05) is 36.9 Å². The minimum absolute atomic E-state index is 0.132. The summed E-state index contributed by atoms with van der Waals surface area (Å²) < 4.78 is 5.42. The van der Waals surface area contributed by atoms with Gasteiger partial charge in [-0.2, -0.15) is 0 Å². The maximum absolute atomic E-state index is 13.1. The summed E-state index contributed by atoms with van der Waals surface area (Å²) in [6.45, 7) is 5.03. The molecule has 1 fully saturated rings. The van der Waals surface area contributed by atoms with Crippen molar-refractivity contribution in [2.24, 2.45) is 5.92 Å². The molecular formula is C24H33N3O3. The molecule has 0 saturated heterocycles. The molecule has 0 unspecified atom stereocenters. The van der Waals surface area contributed by atoms with Gasteiger partial charge in [-0.1, -0.05) is 68.6 Å². The summed E-state index contributed by atoms with van der Waals surface area (Å²) in [6, 6.07) is 12.0. The summed E-state index contributed by atoms with van der Waals surface area (Å²) in [6.07, 6.45) is 6.75. The Balaban J connectivity index is 1.65. The molecule has 162 valence electrons. The van der Waals surface area contributed by atoms with E-state index in [4.69, 9.17) is 4.52 Å². The van der Waals surface area contributed by atoms with E-state index in [0.29, 0.717) is 31.2 Å². The van der Waals surface area contributed by atoms with Crippen LogP contribution in [0.1, 0.15) is 74.2 Å². The molecule has 1 aliphatic carbocycles. The van der Waals surface area contributed by atoms with E-state index in [1.165, 1.54) is 12.0 Å². The van der Waals surface area contributed by atoms with Crippen LogP contribution in [0.5, 0.6) is 0 Å². The second kappa shape index (κ2) is 11.0. The van der Waals surface area contributed by atoms with Gasteiger partial charge in [0.25, 0.3) is 5.91 Å². The van der Waals surface area contributed by atoms with Gasteiger partial charge < -0.3 is 14.7 Å². The molecule has 1 heterocycles. The van der Waals surface area contributed by atoms with Crippen LogP contribution in [0.4, 0.5) is 0 Å². The molecule has 0 bridgehead atoms. The normalized spacial score (nSPS) is 14.6. The lowest BCUT2D eigenvalue weighted by molar-refractivity contribution is -0.135. The van der Waals surface area contributed by atoms with Gasteiger partial charge in [-0.05, 0) is 30.7 Å². The minimum Gasteiger partial charge on any atom is -0.359 e. The molecule has 1 aliphatic rings. The summed E-state index contributed by atoms with van der Waals surface area (Å²) >= 11 is 0. The van der Waals surface area contributed by atoms with Crippen LogP contribution in [0.25, 0.3) is 0 Å². The molecule has 1 aromatic heterocycles. The Bertz CT molecular complexity index is 810. The van der Waals surface area contributed by atoms with Gasteiger partial charge in [0.15, 0.2) is 11.5 Å². The third-order valence-corrected chi connectivity index (χ3v) is 5.59.